The van der Waals surface area contributed by atoms with Gasteiger partial charge >= 0.3 is 16.4 Å². The Morgan fingerprint density at radius 3 is 2.29 bits per heavy atom. The van der Waals surface area contributed by atoms with E-state index in [4.69, 9.17) is 28.2 Å². The third-order valence-corrected chi connectivity index (χ3v) is 5.85. The van der Waals surface area contributed by atoms with Crippen LogP contribution in [0.3, 0.4) is 0 Å². The summed E-state index contributed by atoms with van der Waals surface area (Å²) >= 11 is -0.00727. The third-order valence-electron chi connectivity index (χ3n) is 5.00. The van der Waals surface area contributed by atoms with Crippen LogP contribution in [0.2, 0.25) is 0 Å². The van der Waals surface area contributed by atoms with Gasteiger partial charge in [0, 0.05) is 6.92 Å². The van der Waals surface area contributed by atoms with E-state index >= 15 is 0 Å². The Kier molecular flexibility index (Phi) is 11.0. The molecule has 2 aliphatic heterocycles. The summed E-state index contributed by atoms with van der Waals surface area (Å²) < 4.78 is 61.1. The fourth-order valence-corrected chi connectivity index (χ4v) is 4.20. The average molecular weight is 555 g/mol. The average Bonchev–Trinajstić information content (AvgIpc) is 2.75. The van der Waals surface area contributed by atoms with E-state index < -0.39 is 90.0 Å². The molecule has 20 heteroatoms. The maximum absolute atomic E-state index is 11.8. The van der Waals surface area contributed by atoms with Crippen LogP contribution in [-0.2, 0) is 51.9 Å². The van der Waals surface area contributed by atoms with Gasteiger partial charge in [0.05, 0.1) is 18.8 Å². The molecule has 2 heterocycles. The summed E-state index contributed by atoms with van der Waals surface area (Å²) in [5, 5.41) is 53.7. The number of aliphatic hydroxyl groups is 3. The number of carboxylic acids is 1. The van der Waals surface area contributed by atoms with E-state index in [0.717, 1.165) is 6.92 Å². The van der Waals surface area contributed by atoms with Gasteiger partial charge in [0.1, 0.15) is 36.6 Å². The van der Waals surface area contributed by atoms with E-state index in [9.17, 15) is 38.4 Å². The van der Waals surface area contributed by atoms with Crippen LogP contribution in [0.4, 0.5) is 0 Å². The highest BCUT2D eigenvalue weighted by atomic mass is 32.3. The molecule has 4 unspecified atom stereocenters. The molecule has 2 aliphatic rings. The van der Waals surface area contributed by atoms with Crippen molar-refractivity contribution in [3.63, 3.8) is 0 Å². The smallest absolute Gasteiger partial charge is 0.397 e. The Labute approximate surface area is 202 Å². The van der Waals surface area contributed by atoms with Gasteiger partial charge in [-0.2, -0.15) is 8.42 Å². The second-order valence-electron chi connectivity index (χ2n) is 7.43. The predicted octanol–water partition coefficient (Wildman–Crippen LogP) is -3.26. The van der Waals surface area contributed by atoms with Crippen molar-refractivity contribution in [2.75, 3.05) is 6.61 Å². The first-order chi connectivity index (χ1) is 16.3. The molecule has 0 bridgehead atoms. The summed E-state index contributed by atoms with van der Waals surface area (Å²) in [6, 6.07) is -1.14. The lowest BCUT2D eigenvalue weighted by molar-refractivity contribution is -0.435. The molecule has 2 saturated heterocycles. The van der Waals surface area contributed by atoms with E-state index in [1.807, 2.05) is 0 Å². The molecule has 0 saturated carbocycles. The second kappa shape index (κ2) is 12.8. The molecule has 2 rings (SSSR count). The molecule has 0 aromatic carbocycles. The van der Waals surface area contributed by atoms with Gasteiger partial charge in [0.25, 0.3) is 0 Å². The van der Waals surface area contributed by atoms with Gasteiger partial charge in [-0.15, -0.1) is 4.33 Å². The van der Waals surface area contributed by atoms with Gasteiger partial charge in [-0.25, -0.2) is 14.2 Å². The van der Waals surface area contributed by atoms with Gasteiger partial charge in [0.2, 0.25) is 5.91 Å². The maximum Gasteiger partial charge on any atom is 0.397 e. The standard InChI is InChI=1S/C15H25NO17S2/c1-4-7(16-5(2)17)12(29-15-10(20)8(18)9(19)13(30-15)14(21)22)11(31-34-33-32-23)6(28-4)3-27-35(24,25)26/h4,6-13,15,18-20,23H,3H2,1-2H3,(H,16,17)(H,21,22)(H,24,25,26)/t4-,6?,7?,8+,9+,10?,11-,12-,13?,15-/m1/s1. The summed E-state index contributed by atoms with van der Waals surface area (Å²) in [4.78, 5) is 23.2. The fraction of sp³-hybridized carbons (Fsp3) is 0.867. The molecular formula is C15H25NO17S2. The van der Waals surface area contributed by atoms with Gasteiger partial charge in [-0.05, 0) is 6.92 Å². The zero-order valence-electron chi connectivity index (χ0n) is 18.0. The number of hydrogen-bond acceptors (Lipinski definition) is 16. The highest BCUT2D eigenvalue weighted by molar-refractivity contribution is 7.89. The number of carboxylic acid groups (broad SMARTS) is 1. The quantitative estimate of drug-likeness (QED) is 0.0433. The van der Waals surface area contributed by atoms with E-state index in [-0.39, 0.29) is 12.3 Å². The highest BCUT2D eigenvalue weighted by Crippen LogP contribution is 2.33. The lowest BCUT2D eigenvalue weighted by atomic mass is 9.92. The van der Waals surface area contributed by atoms with Crippen LogP contribution in [0.15, 0.2) is 0 Å². The molecule has 0 aromatic heterocycles. The molecule has 0 spiro atoms. The summed E-state index contributed by atoms with van der Waals surface area (Å²) in [7, 11) is -4.95. The van der Waals surface area contributed by atoms with Crippen LogP contribution in [0, 0.1) is 0 Å². The first kappa shape index (κ1) is 30.0. The molecule has 0 aromatic rings. The molecule has 10 atom stereocenters. The Bertz CT molecular complexity index is 828. The number of rotatable bonds is 11. The molecule has 1 amide bonds. The number of amides is 1. The number of nitrogens with one attached hydrogen (secondary N) is 1. The first-order valence-electron chi connectivity index (χ1n) is 9.69. The van der Waals surface area contributed by atoms with Crippen molar-refractivity contribution in [3.05, 3.63) is 0 Å². The monoisotopic (exact) mass is 555 g/mol. The first-order valence-corrected chi connectivity index (χ1v) is 11.7. The lowest BCUT2D eigenvalue weighted by Gasteiger charge is -2.47. The molecular weight excluding hydrogens is 530 g/mol. The molecule has 204 valence electrons. The van der Waals surface area contributed by atoms with Crippen LogP contribution < -0.4 is 5.32 Å². The Morgan fingerprint density at radius 2 is 1.74 bits per heavy atom. The number of ether oxygens (including phenoxy) is 3. The minimum absolute atomic E-state index is 0.00727. The molecule has 35 heavy (non-hydrogen) atoms. The number of carbonyl (C=O) groups excluding carboxylic acids is 1. The molecule has 18 nitrogen and oxygen atoms in total. The van der Waals surface area contributed by atoms with Gasteiger partial charge < -0.3 is 40.0 Å². The lowest BCUT2D eigenvalue weighted by Crippen LogP contribution is -2.67. The fourth-order valence-electron chi connectivity index (χ4n) is 3.51. The topological polar surface area (TPSA) is 266 Å². The predicted molar refractivity (Wildman–Crippen MR) is 106 cm³/mol. The minimum Gasteiger partial charge on any atom is -0.479 e. The van der Waals surface area contributed by atoms with Crippen molar-refractivity contribution in [2.24, 2.45) is 0 Å². The largest absolute Gasteiger partial charge is 0.479 e. The van der Waals surface area contributed by atoms with Gasteiger partial charge in [0.15, 0.2) is 24.7 Å². The van der Waals surface area contributed by atoms with Crippen molar-refractivity contribution in [1.29, 1.82) is 0 Å². The molecule has 0 aliphatic carbocycles. The van der Waals surface area contributed by atoms with Crippen LogP contribution in [0.25, 0.3) is 0 Å². The third kappa shape index (κ3) is 8.13. The minimum atomic E-state index is -4.95. The van der Waals surface area contributed by atoms with Crippen molar-refractivity contribution in [1.82, 2.24) is 5.32 Å². The Balaban J connectivity index is 2.40. The van der Waals surface area contributed by atoms with E-state index in [0.29, 0.717) is 0 Å². The number of hydrogen-bond donors (Lipinski definition) is 7. The summed E-state index contributed by atoms with van der Waals surface area (Å²) in [5.74, 6) is -2.29. The Hall–Kier alpha value is -1.24. The second-order valence-corrected chi connectivity index (χ2v) is 8.98. The van der Waals surface area contributed by atoms with Gasteiger partial charge in [-0.1, -0.05) is 5.04 Å². The van der Waals surface area contributed by atoms with Crippen molar-refractivity contribution < 1.29 is 80.2 Å². The zero-order chi connectivity index (χ0) is 26.5. The number of aliphatic hydroxyl groups excluding tert-OH is 3. The van der Waals surface area contributed by atoms with Crippen molar-refractivity contribution in [3.8, 4) is 0 Å². The normalized spacial score (nSPS) is 38.1. The Morgan fingerprint density at radius 1 is 1.09 bits per heavy atom. The highest BCUT2D eigenvalue weighted by Gasteiger charge is 2.53. The van der Waals surface area contributed by atoms with E-state index in [1.165, 1.54) is 6.92 Å². The van der Waals surface area contributed by atoms with Crippen molar-refractivity contribution in [2.45, 2.75) is 75.0 Å². The molecule has 2 fully saturated rings. The number of carbonyl (C=O) groups is 2. The van der Waals surface area contributed by atoms with E-state index in [1.54, 1.807) is 0 Å². The van der Waals surface area contributed by atoms with Gasteiger partial charge in [-0.3, -0.25) is 13.5 Å². The van der Waals surface area contributed by atoms with E-state index in [2.05, 4.69) is 18.9 Å². The van der Waals surface area contributed by atoms with Crippen LogP contribution >= 0.6 is 12.3 Å². The number of aliphatic carboxylic acids is 1. The molecule has 0 radical (unpaired) electrons. The summed E-state index contributed by atoms with van der Waals surface area (Å²) in [6.45, 7) is 1.69. The van der Waals surface area contributed by atoms with Crippen LogP contribution in [-0.4, -0.2) is 118 Å². The van der Waals surface area contributed by atoms with Crippen LogP contribution in [0.5, 0.6) is 0 Å². The maximum atomic E-state index is 11.8. The van der Waals surface area contributed by atoms with Crippen molar-refractivity contribution >= 4 is 34.6 Å². The SMILES string of the molecule is CC(=O)NC1[C@@H](O[C@@H]2OC(C(=O)O)[C@@H](O)[C@H](O)C2O)[C@H](OSOOO)C(COS(=O)(=O)O)O[C@@H]1C. The zero-order valence-corrected chi connectivity index (χ0v) is 19.6. The summed E-state index contributed by atoms with van der Waals surface area (Å²) in [6.07, 6.45) is -15.4. The molecule has 7 N–H and O–H groups in total. The van der Waals surface area contributed by atoms with Crippen LogP contribution in [0.1, 0.15) is 13.8 Å². The summed E-state index contributed by atoms with van der Waals surface area (Å²) in [5.41, 5.74) is 0.